The van der Waals surface area contributed by atoms with Gasteiger partial charge in [0.25, 0.3) is 0 Å². The largest absolute Gasteiger partial charge is 0.481 e. The molecule has 0 bridgehead atoms. The molecule has 2 N–H and O–H groups in total. The molecule has 45 heavy (non-hydrogen) atoms. The smallest absolute Gasteiger partial charge is 0.310 e. The minimum Gasteiger partial charge on any atom is -0.481 e. The van der Waals surface area contributed by atoms with E-state index in [0.29, 0.717) is 31.6 Å². The Bertz CT molecular complexity index is 1360. The van der Waals surface area contributed by atoms with E-state index in [1.54, 1.807) is 6.92 Å². The zero-order valence-corrected chi connectivity index (χ0v) is 29.2. The van der Waals surface area contributed by atoms with Crippen LogP contribution in [-0.4, -0.2) is 27.9 Å². The molecule has 5 heteroatoms. The van der Waals surface area contributed by atoms with Gasteiger partial charge in [0.05, 0.1) is 5.41 Å². The van der Waals surface area contributed by atoms with Crippen molar-refractivity contribution >= 4 is 17.7 Å². The Balaban J connectivity index is 1.60. The second-order valence-electron chi connectivity index (χ2n) is 16.3. The predicted octanol–water partition coefficient (Wildman–Crippen LogP) is 9.90. The molecule has 0 aromatic carbocycles. The van der Waals surface area contributed by atoms with Crippen LogP contribution in [0.15, 0.2) is 58.7 Å². The van der Waals surface area contributed by atoms with Crippen LogP contribution in [0.4, 0.5) is 0 Å². The minimum atomic E-state index is -1.07. The second kappa shape index (κ2) is 12.8. The molecule has 4 aliphatic rings. The fourth-order valence-corrected chi connectivity index (χ4v) is 9.94. The molecule has 0 saturated heterocycles. The third-order valence-electron chi connectivity index (χ3n) is 13.4. The number of aliphatic carboxylic acids is 2. The van der Waals surface area contributed by atoms with E-state index in [9.17, 15) is 24.6 Å². The third-order valence-corrected chi connectivity index (χ3v) is 13.4. The molecule has 0 aliphatic heterocycles. The highest BCUT2D eigenvalue weighted by molar-refractivity contribution is 5.89. The van der Waals surface area contributed by atoms with Crippen molar-refractivity contribution in [3.63, 3.8) is 0 Å². The van der Waals surface area contributed by atoms with Crippen molar-refractivity contribution in [3.8, 4) is 0 Å². The van der Waals surface area contributed by atoms with Gasteiger partial charge >= 0.3 is 11.9 Å². The number of Topliss-reactive ketones (excluding diaryl/α,β-unsaturated/α-hetero) is 1. The number of rotatable bonds is 12. The zero-order chi connectivity index (χ0) is 33.5. The van der Waals surface area contributed by atoms with E-state index in [1.807, 2.05) is 0 Å². The Morgan fingerprint density at radius 3 is 2.38 bits per heavy atom. The number of carbonyl (C=O) groups is 3. The van der Waals surface area contributed by atoms with Crippen LogP contribution in [0.2, 0.25) is 0 Å². The normalized spacial score (nSPS) is 36.4. The summed E-state index contributed by atoms with van der Waals surface area (Å²) in [6.07, 6.45) is 16.8. The molecular formula is C40H58O5. The Morgan fingerprint density at radius 1 is 1.09 bits per heavy atom. The van der Waals surface area contributed by atoms with Crippen LogP contribution in [0.5, 0.6) is 0 Å². The highest BCUT2D eigenvalue weighted by Gasteiger charge is 2.59. The maximum absolute atomic E-state index is 14.2. The van der Waals surface area contributed by atoms with Gasteiger partial charge in [0, 0.05) is 24.7 Å². The molecular weight excluding hydrogens is 560 g/mol. The van der Waals surface area contributed by atoms with Gasteiger partial charge < -0.3 is 10.2 Å². The molecule has 0 radical (unpaired) electrons. The second-order valence-corrected chi connectivity index (χ2v) is 16.3. The number of carboxylic acid groups (broad SMARTS) is 2. The maximum Gasteiger partial charge on any atom is 0.310 e. The van der Waals surface area contributed by atoms with Crippen molar-refractivity contribution in [3.05, 3.63) is 58.7 Å². The summed E-state index contributed by atoms with van der Waals surface area (Å²) in [6.45, 7) is 21.6. The van der Waals surface area contributed by atoms with Gasteiger partial charge in [-0.3, -0.25) is 14.4 Å². The lowest BCUT2D eigenvalue weighted by molar-refractivity contribution is -0.155. The molecule has 4 rings (SSSR count). The van der Waals surface area contributed by atoms with Crippen LogP contribution in [0, 0.1) is 45.3 Å². The van der Waals surface area contributed by atoms with Gasteiger partial charge in [-0.15, -0.1) is 0 Å². The van der Waals surface area contributed by atoms with E-state index in [4.69, 9.17) is 0 Å². The van der Waals surface area contributed by atoms with Crippen LogP contribution in [0.1, 0.15) is 126 Å². The molecule has 0 aromatic heterocycles. The van der Waals surface area contributed by atoms with Crippen LogP contribution >= 0.6 is 0 Å². The van der Waals surface area contributed by atoms with Crippen molar-refractivity contribution < 1.29 is 24.6 Å². The summed E-state index contributed by atoms with van der Waals surface area (Å²) in [4.78, 5) is 38.4. The number of fused-ring (bicyclic) bond motifs is 2. The molecule has 0 unspecified atom stereocenters. The average Bonchev–Trinajstić information content (AvgIpc) is 3.24. The first-order chi connectivity index (χ1) is 20.9. The molecule has 0 amide bonds. The fourth-order valence-electron chi connectivity index (χ4n) is 9.94. The van der Waals surface area contributed by atoms with Gasteiger partial charge in [0.2, 0.25) is 0 Å². The van der Waals surface area contributed by atoms with Crippen LogP contribution in [0.25, 0.3) is 0 Å². The molecule has 0 heterocycles. The number of carboxylic acids is 2. The first-order valence-electron chi connectivity index (χ1n) is 17.3. The van der Waals surface area contributed by atoms with Gasteiger partial charge in [0.15, 0.2) is 0 Å². The van der Waals surface area contributed by atoms with E-state index in [0.717, 1.165) is 44.1 Å². The minimum absolute atomic E-state index is 0.0648. The van der Waals surface area contributed by atoms with E-state index < -0.39 is 23.3 Å². The van der Waals surface area contributed by atoms with Crippen LogP contribution in [0.3, 0.4) is 0 Å². The fraction of sp³-hybridized carbons (Fsp3) is 0.675. The van der Waals surface area contributed by atoms with E-state index in [2.05, 4.69) is 79.3 Å². The van der Waals surface area contributed by atoms with Crippen molar-refractivity contribution in [1.82, 2.24) is 0 Å². The van der Waals surface area contributed by atoms with Crippen molar-refractivity contribution in [1.29, 1.82) is 0 Å². The summed E-state index contributed by atoms with van der Waals surface area (Å²) in [7, 11) is 0. The third kappa shape index (κ3) is 6.22. The summed E-state index contributed by atoms with van der Waals surface area (Å²) >= 11 is 0. The molecule has 248 valence electrons. The standard InChI is InChI=1S/C40H58O5/c1-25(2)11-10-12-28-15-19-38(7,36(44)45)33(24-28)34(41)23-27(5)39(8)21-17-32-29-13-14-30(26(3)4)37(6,20-18-35(42)43)31(29)16-22-40(32,39)9/h11,13-15,27,30-31,33H,3,10,12,16-24H2,1-2,4-9H3,(H,42,43)(H,44,45)/t27-,30+,31-,33-,37+,38+,39+,40-/m1/s1. The lowest BCUT2D eigenvalue weighted by Crippen LogP contribution is -2.47. The predicted molar refractivity (Wildman–Crippen MR) is 182 cm³/mol. The van der Waals surface area contributed by atoms with Crippen LogP contribution < -0.4 is 0 Å². The Hall–Kier alpha value is -2.69. The zero-order valence-electron chi connectivity index (χ0n) is 29.2. The Morgan fingerprint density at radius 2 is 1.78 bits per heavy atom. The topological polar surface area (TPSA) is 91.7 Å². The van der Waals surface area contributed by atoms with Crippen molar-refractivity contribution in [2.24, 2.45) is 45.3 Å². The lowest BCUT2D eigenvalue weighted by Gasteiger charge is -2.55. The number of carbonyl (C=O) groups excluding carboxylic acids is 1. The molecule has 4 aliphatic carbocycles. The Kier molecular flexibility index (Phi) is 10.0. The average molecular weight is 619 g/mol. The van der Waals surface area contributed by atoms with Crippen molar-refractivity contribution in [2.45, 2.75) is 126 Å². The molecule has 0 aromatic rings. The number of ketones is 1. The van der Waals surface area contributed by atoms with Gasteiger partial charge in [-0.1, -0.05) is 80.9 Å². The van der Waals surface area contributed by atoms with Gasteiger partial charge in [-0.25, -0.2) is 0 Å². The number of hydrogen-bond acceptors (Lipinski definition) is 3. The summed E-state index contributed by atoms with van der Waals surface area (Å²) in [5, 5.41) is 19.9. The van der Waals surface area contributed by atoms with Gasteiger partial charge in [-0.05, 0) is 119 Å². The first-order valence-corrected chi connectivity index (χ1v) is 17.3. The molecule has 1 fully saturated rings. The molecule has 8 atom stereocenters. The Labute approximate surface area is 272 Å². The summed E-state index contributed by atoms with van der Waals surface area (Å²) in [5.41, 5.74) is 5.04. The van der Waals surface area contributed by atoms with E-state index >= 15 is 0 Å². The summed E-state index contributed by atoms with van der Waals surface area (Å²) in [5.74, 6) is -1.48. The molecule has 0 spiro atoms. The molecule has 5 nitrogen and oxygen atoms in total. The molecule has 1 saturated carbocycles. The number of hydrogen-bond donors (Lipinski definition) is 2. The van der Waals surface area contributed by atoms with Crippen molar-refractivity contribution in [2.75, 3.05) is 0 Å². The number of allylic oxidation sites excluding steroid dienone is 9. The van der Waals surface area contributed by atoms with E-state index in [-0.39, 0.29) is 40.3 Å². The SMILES string of the molecule is C=C(C)[C@@H]1C=CC2=C3CC[C@@](C)([C@H](C)CC(=O)[C@H]4CC(CCC=C(C)C)=CC[C@]4(C)C(=O)O)[C@]3(C)CC[C@H]2[C@@]1(C)CCC(=O)O. The highest BCUT2D eigenvalue weighted by atomic mass is 16.4. The van der Waals surface area contributed by atoms with Gasteiger partial charge in [-0.2, -0.15) is 0 Å². The summed E-state index contributed by atoms with van der Waals surface area (Å²) in [6, 6.07) is 0. The van der Waals surface area contributed by atoms with Gasteiger partial charge in [0.1, 0.15) is 5.78 Å². The first kappa shape index (κ1) is 35.2. The lowest BCUT2D eigenvalue weighted by atomic mass is 9.49. The highest BCUT2D eigenvalue weighted by Crippen LogP contribution is 2.68. The van der Waals surface area contributed by atoms with E-state index in [1.165, 1.54) is 22.3 Å². The maximum atomic E-state index is 14.2. The quantitative estimate of drug-likeness (QED) is 0.212. The summed E-state index contributed by atoms with van der Waals surface area (Å²) < 4.78 is 0. The monoisotopic (exact) mass is 618 g/mol. The van der Waals surface area contributed by atoms with Crippen LogP contribution in [-0.2, 0) is 14.4 Å².